The number of nitrogens with zero attached hydrogens (tertiary/aromatic N) is 1. The maximum Gasteiger partial charge on any atom is 0.323 e. The monoisotopic (exact) mass is 371 g/mol. The molecule has 2 aromatic rings. The summed E-state index contributed by atoms with van der Waals surface area (Å²) in [7, 11) is 4.88. The quantitative estimate of drug-likeness (QED) is 0.812. The molecule has 3 rings (SSSR count). The van der Waals surface area contributed by atoms with Crippen LogP contribution in [0.3, 0.4) is 0 Å². The minimum Gasteiger partial charge on any atom is -0.497 e. The van der Waals surface area contributed by atoms with Gasteiger partial charge in [-0.15, -0.1) is 0 Å². The van der Waals surface area contributed by atoms with E-state index in [0.29, 0.717) is 22.9 Å². The molecular weight excluding hydrogens is 346 g/mol. The highest BCUT2D eigenvalue weighted by Crippen LogP contribution is 2.26. The summed E-state index contributed by atoms with van der Waals surface area (Å²) in [5, 5.41) is 5.61. The molecule has 2 N–H and O–H groups in total. The van der Waals surface area contributed by atoms with Crippen molar-refractivity contribution in [2.24, 2.45) is 0 Å². The topological polar surface area (TPSA) is 72.1 Å². The molecule has 0 aliphatic carbocycles. The fourth-order valence-corrected chi connectivity index (χ4v) is 3.08. The average molecular weight is 371 g/mol. The number of anilines is 3. The van der Waals surface area contributed by atoms with Crippen molar-refractivity contribution < 1.29 is 19.0 Å². The number of benzene rings is 2. The standard InChI is InChI=1S/C20H25N3O4/c1-25-17-8-9-23(13-17)16-6-4-14(5-7-16)21-20(24)22-15-10-18(26-2)12-19(11-15)27-3/h4-7,10-12,17H,8-9,13H2,1-3H3,(H2,21,22,24). The summed E-state index contributed by atoms with van der Waals surface area (Å²) in [6, 6.07) is 12.6. The van der Waals surface area contributed by atoms with E-state index in [4.69, 9.17) is 14.2 Å². The van der Waals surface area contributed by atoms with Crippen molar-refractivity contribution >= 4 is 23.1 Å². The number of hydrogen-bond donors (Lipinski definition) is 2. The summed E-state index contributed by atoms with van der Waals surface area (Å²) in [6.07, 6.45) is 1.32. The van der Waals surface area contributed by atoms with E-state index < -0.39 is 0 Å². The molecule has 144 valence electrons. The third-order valence-corrected chi connectivity index (χ3v) is 4.58. The van der Waals surface area contributed by atoms with Crippen molar-refractivity contribution in [2.45, 2.75) is 12.5 Å². The lowest BCUT2D eigenvalue weighted by Gasteiger charge is -2.18. The van der Waals surface area contributed by atoms with Crippen molar-refractivity contribution in [3.8, 4) is 11.5 Å². The van der Waals surface area contributed by atoms with E-state index in [9.17, 15) is 4.79 Å². The molecule has 7 nitrogen and oxygen atoms in total. The van der Waals surface area contributed by atoms with E-state index in [2.05, 4.69) is 15.5 Å². The highest BCUT2D eigenvalue weighted by molar-refractivity contribution is 6.00. The zero-order chi connectivity index (χ0) is 19.2. The van der Waals surface area contributed by atoms with Crippen LogP contribution in [0.1, 0.15) is 6.42 Å². The van der Waals surface area contributed by atoms with Gasteiger partial charge >= 0.3 is 6.03 Å². The zero-order valence-corrected chi connectivity index (χ0v) is 15.8. The Balaban J connectivity index is 1.60. The molecule has 1 heterocycles. The summed E-state index contributed by atoms with van der Waals surface area (Å²) >= 11 is 0. The van der Waals surface area contributed by atoms with Crippen LogP contribution in [0, 0.1) is 0 Å². The first kappa shape index (κ1) is 18.8. The van der Waals surface area contributed by atoms with Crippen LogP contribution in [0.15, 0.2) is 42.5 Å². The average Bonchev–Trinajstić information content (AvgIpc) is 3.17. The first-order chi connectivity index (χ1) is 13.1. The molecule has 0 radical (unpaired) electrons. The number of methoxy groups -OCH3 is 3. The van der Waals surface area contributed by atoms with Crippen molar-refractivity contribution in [3.63, 3.8) is 0 Å². The van der Waals surface area contributed by atoms with Crippen LogP contribution in [-0.4, -0.2) is 46.6 Å². The minimum atomic E-state index is -0.335. The van der Waals surface area contributed by atoms with Gasteiger partial charge in [0.05, 0.1) is 20.3 Å². The van der Waals surface area contributed by atoms with Gasteiger partial charge in [-0.1, -0.05) is 0 Å². The second kappa shape index (κ2) is 8.64. The van der Waals surface area contributed by atoms with Crippen molar-refractivity contribution in [1.82, 2.24) is 0 Å². The molecule has 1 fully saturated rings. The third-order valence-electron chi connectivity index (χ3n) is 4.58. The minimum absolute atomic E-state index is 0.286. The molecule has 1 aliphatic heterocycles. The van der Waals surface area contributed by atoms with Gasteiger partial charge in [0.2, 0.25) is 0 Å². The van der Waals surface area contributed by atoms with Gasteiger partial charge in [0, 0.05) is 55.5 Å². The van der Waals surface area contributed by atoms with Gasteiger partial charge in [0.25, 0.3) is 0 Å². The van der Waals surface area contributed by atoms with Crippen molar-refractivity contribution in [1.29, 1.82) is 0 Å². The lowest BCUT2D eigenvalue weighted by molar-refractivity contribution is 0.121. The first-order valence-electron chi connectivity index (χ1n) is 8.80. The summed E-state index contributed by atoms with van der Waals surface area (Å²) in [4.78, 5) is 14.6. The third kappa shape index (κ3) is 4.83. The van der Waals surface area contributed by atoms with Gasteiger partial charge in [-0.2, -0.15) is 0 Å². The van der Waals surface area contributed by atoms with Crippen LogP contribution < -0.4 is 25.0 Å². The van der Waals surface area contributed by atoms with E-state index in [0.717, 1.165) is 25.2 Å². The molecule has 2 amide bonds. The Morgan fingerprint density at radius 2 is 1.59 bits per heavy atom. The van der Waals surface area contributed by atoms with Crippen LogP contribution in [0.4, 0.5) is 21.9 Å². The largest absolute Gasteiger partial charge is 0.497 e. The van der Waals surface area contributed by atoms with Gasteiger partial charge < -0.3 is 29.7 Å². The summed E-state index contributed by atoms with van der Waals surface area (Å²) in [6.45, 7) is 1.87. The molecule has 1 saturated heterocycles. The summed E-state index contributed by atoms with van der Waals surface area (Å²) in [5.74, 6) is 1.21. The van der Waals surface area contributed by atoms with E-state index in [-0.39, 0.29) is 12.1 Å². The number of hydrogen-bond acceptors (Lipinski definition) is 5. The number of nitrogens with one attached hydrogen (secondary N) is 2. The highest BCUT2D eigenvalue weighted by Gasteiger charge is 2.22. The Morgan fingerprint density at radius 1 is 0.963 bits per heavy atom. The van der Waals surface area contributed by atoms with E-state index >= 15 is 0 Å². The van der Waals surface area contributed by atoms with Crippen LogP contribution in [0.2, 0.25) is 0 Å². The van der Waals surface area contributed by atoms with Crippen LogP contribution in [0.25, 0.3) is 0 Å². The predicted octanol–water partition coefficient (Wildman–Crippen LogP) is 3.57. The molecule has 1 aliphatic rings. The number of rotatable bonds is 6. The summed E-state index contributed by atoms with van der Waals surface area (Å²) in [5.41, 5.74) is 2.43. The zero-order valence-electron chi connectivity index (χ0n) is 15.8. The van der Waals surface area contributed by atoms with Crippen LogP contribution >= 0.6 is 0 Å². The number of urea groups is 1. The van der Waals surface area contributed by atoms with E-state index in [1.54, 1.807) is 39.5 Å². The van der Waals surface area contributed by atoms with Crippen molar-refractivity contribution in [2.75, 3.05) is 50.0 Å². The Bertz CT molecular complexity index is 757. The van der Waals surface area contributed by atoms with E-state index in [1.165, 1.54) is 0 Å². The molecule has 27 heavy (non-hydrogen) atoms. The molecular formula is C20H25N3O4. The number of amides is 2. The number of ether oxygens (including phenoxy) is 3. The maximum absolute atomic E-state index is 12.3. The van der Waals surface area contributed by atoms with Gasteiger partial charge in [-0.05, 0) is 30.7 Å². The fraction of sp³-hybridized carbons (Fsp3) is 0.350. The van der Waals surface area contributed by atoms with Crippen molar-refractivity contribution in [3.05, 3.63) is 42.5 Å². The second-order valence-corrected chi connectivity index (χ2v) is 6.32. The van der Waals surface area contributed by atoms with Gasteiger partial charge in [-0.25, -0.2) is 4.79 Å². The molecule has 1 atom stereocenters. The molecule has 0 saturated carbocycles. The Hall–Kier alpha value is -2.93. The number of carbonyl (C=O) groups is 1. The van der Waals surface area contributed by atoms with Gasteiger partial charge in [0.1, 0.15) is 11.5 Å². The molecule has 0 aromatic heterocycles. The normalized spacial score (nSPS) is 16.1. The predicted molar refractivity (Wildman–Crippen MR) is 106 cm³/mol. The smallest absolute Gasteiger partial charge is 0.323 e. The lowest BCUT2D eigenvalue weighted by Crippen LogP contribution is -2.22. The first-order valence-corrected chi connectivity index (χ1v) is 8.80. The second-order valence-electron chi connectivity index (χ2n) is 6.32. The van der Waals surface area contributed by atoms with Gasteiger partial charge in [-0.3, -0.25) is 0 Å². The Labute approximate surface area is 159 Å². The fourth-order valence-electron chi connectivity index (χ4n) is 3.08. The van der Waals surface area contributed by atoms with Crippen LogP contribution in [-0.2, 0) is 4.74 Å². The van der Waals surface area contributed by atoms with E-state index in [1.807, 2.05) is 24.3 Å². The maximum atomic E-state index is 12.3. The number of carbonyl (C=O) groups excluding carboxylic acids is 1. The van der Waals surface area contributed by atoms with Gasteiger partial charge in [0.15, 0.2) is 0 Å². The highest BCUT2D eigenvalue weighted by atomic mass is 16.5. The summed E-state index contributed by atoms with van der Waals surface area (Å²) < 4.78 is 15.8. The Morgan fingerprint density at radius 3 is 2.15 bits per heavy atom. The molecule has 0 bridgehead atoms. The molecule has 1 unspecified atom stereocenters. The Kier molecular flexibility index (Phi) is 6.03. The van der Waals surface area contributed by atoms with Crippen LogP contribution in [0.5, 0.6) is 11.5 Å². The molecule has 7 heteroatoms. The molecule has 0 spiro atoms. The SMILES string of the molecule is COc1cc(NC(=O)Nc2ccc(N3CCC(OC)C3)cc2)cc(OC)c1. The lowest BCUT2D eigenvalue weighted by atomic mass is 10.2. The molecule has 2 aromatic carbocycles.